The van der Waals surface area contributed by atoms with Gasteiger partial charge in [0.25, 0.3) is 0 Å². The Hall–Kier alpha value is -1.50. The zero-order valence-corrected chi connectivity index (χ0v) is 14.9. The number of carbonyl (C=O) groups is 1. The lowest BCUT2D eigenvalue weighted by Crippen LogP contribution is -2.05. The summed E-state index contributed by atoms with van der Waals surface area (Å²) in [7, 11) is -3.52. The lowest BCUT2D eigenvalue weighted by Gasteiger charge is -2.16. The molecule has 122 valence electrons. The molecule has 0 spiro atoms. The van der Waals surface area contributed by atoms with Crippen molar-refractivity contribution in [1.82, 2.24) is 0 Å². The number of halogens is 1. The summed E-state index contributed by atoms with van der Waals surface area (Å²) in [5.74, 6) is -1.19. The van der Waals surface area contributed by atoms with E-state index in [2.05, 4.69) is 0 Å². The van der Waals surface area contributed by atoms with Gasteiger partial charge in [-0.25, -0.2) is 13.2 Å². The Morgan fingerprint density at radius 2 is 1.78 bits per heavy atom. The number of hydrogen-bond acceptors (Lipinski definition) is 4. The van der Waals surface area contributed by atoms with E-state index in [-0.39, 0.29) is 25.6 Å². The second kappa shape index (κ2) is 6.95. The Bertz CT molecular complexity index is 833. The van der Waals surface area contributed by atoms with Gasteiger partial charge in [0.15, 0.2) is 9.84 Å². The summed E-state index contributed by atoms with van der Waals surface area (Å²) in [5.41, 5.74) is 0.885. The first-order valence-electron chi connectivity index (χ1n) is 6.69. The van der Waals surface area contributed by atoms with Crippen molar-refractivity contribution in [2.75, 3.05) is 6.26 Å². The molecular weight excluding hydrogens is 356 g/mol. The van der Waals surface area contributed by atoms with E-state index in [0.29, 0.717) is 0 Å². The van der Waals surface area contributed by atoms with Crippen LogP contribution in [0.2, 0.25) is 5.02 Å². The number of sulfone groups is 1. The van der Waals surface area contributed by atoms with Gasteiger partial charge in [0.1, 0.15) is 0 Å². The summed E-state index contributed by atoms with van der Waals surface area (Å²) in [6.45, 7) is 1.91. The van der Waals surface area contributed by atoms with E-state index >= 15 is 0 Å². The number of hydrogen-bond donors (Lipinski definition) is 1. The highest BCUT2D eigenvalue weighted by Gasteiger charge is 2.23. The van der Waals surface area contributed by atoms with Gasteiger partial charge in [-0.2, -0.15) is 0 Å². The molecule has 0 heterocycles. The molecule has 0 aromatic heterocycles. The number of carboxylic acids is 1. The van der Waals surface area contributed by atoms with Crippen molar-refractivity contribution >= 4 is 39.2 Å². The normalized spacial score (nSPS) is 12.8. The first kappa shape index (κ1) is 17.8. The van der Waals surface area contributed by atoms with Gasteiger partial charge in [0.05, 0.1) is 15.5 Å². The third-order valence-corrected chi connectivity index (χ3v) is 6.31. The average molecular weight is 371 g/mol. The second-order valence-electron chi connectivity index (χ2n) is 5.00. The highest BCUT2D eigenvalue weighted by atomic mass is 35.5. The summed E-state index contributed by atoms with van der Waals surface area (Å²) in [4.78, 5) is 11.6. The molecule has 1 N–H and O–H groups in total. The maximum atomic E-state index is 12.0. The predicted molar refractivity (Wildman–Crippen MR) is 92.2 cm³/mol. The first-order valence-corrected chi connectivity index (χ1v) is 9.84. The van der Waals surface area contributed by atoms with E-state index < -0.39 is 15.8 Å². The molecule has 0 saturated carbocycles. The summed E-state index contributed by atoms with van der Waals surface area (Å²) in [6.07, 6.45) is 1.08. The molecule has 1 atom stereocenters. The van der Waals surface area contributed by atoms with Crippen LogP contribution in [0.4, 0.5) is 0 Å². The van der Waals surface area contributed by atoms with Gasteiger partial charge in [-0.1, -0.05) is 41.9 Å². The maximum absolute atomic E-state index is 12.0. The van der Waals surface area contributed by atoms with Crippen LogP contribution in [0.1, 0.15) is 28.1 Å². The fraction of sp³-hybridized carbons (Fsp3) is 0.188. The van der Waals surface area contributed by atoms with Crippen LogP contribution in [0.5, 0.6) is 0 Å². The number of thioether (sulfide) groups is 1. The quantitative estimate of drug-likeness (QED) is 0.794. The fourth-order valence-corrected chi connectivity index (χ4v) is 4.91. The van der Waals surface area contributed by atoms with Gasteiger partial charge in [0.2, 0.25) is 0 Å². The third kappa shape index (κ3) is 4.07. The van der Waals surface area contributed by atoms with Crippen LogP contribution in [0.3, 0.4) is 0 Å². The van der Waals surface area contributed by atoms with Crippen LogP contribution < -0.4 is 0 Å². The molecule has 0 bridgehead atoms. The zero-order valence-electron chi connectivity index (χ0n) is 12.5. The molecule has 23 heavy (non-hydrogen) atoms. The van der Waals surface area contributed by atoms with Gasteiger partial charge >= 0.3 is 5.97 Å². The average Bonchev–Trinajstić information content (AvgIpc) is 2.48. The van der Waals surface area contributed by atoms with E-state index in [1.807, 2.05) is 37.3 Å². The van der Waals surface area contributed by atoms with Gasteiger partial charge in [-0.05, 0) is 24.6 Å². The number of benzene rings is 2. The summed E-state index contributed by atoms with van der Waals surface area (Å²) in [6, 6.07) is 12.0. The Morgan fingerprint density at radius 3 is 2.30 bits per heavy atom. The van der Waals surface area contributed by atoms with Crippen molar-refractivity contribution < 1.29 is 18.3 Å². The Kier molecular flexibility index (Phi) is 5.39. The van der Waals surface area contributed by atoms with Crippen molar-refractivity contribution in [2.45, 2.75) is 22.0 Å². The van der Waals surface area contributed by atoms with Crippen molar-refractivity contribution in [2.24, 2.45) is 0 Å². The van der Waals surface area contributed by atoms with E-state index in [0.717, 1.165) is 11.8 Å². The number of rotatable bonds is 5. The van der Waals surface area contributed by atoms with Crippen LogP contribution >= 0.6 is 23.4 Å². The van der Waals surface area contributed by atoms with Crippen molar-refractivity contribution in [3.63, 3.8) is 0 Å². The molecule has 1 unspecified atom stereocenters. The van der Waals surface area contributed by atoms with E-state index in [4.69, 9.17) is 11.6 Å². The zero-order chi connectivity index (χ0) is 17.2. The minimum absolute atomic E-state index is 0.0419. The monoisotopic (exact) mass is 370 g/mol. The Morgan fingerprint density at radius 1 is 1.17 bits per heavy atom. The van der Waals surface area contributed by atoms with Crippen molar-refractivity contribution in [3.05, 3.63) is 58.6 Å². The topological polar surface area (TPSA) is 71.4 Å². The largest absolute Gasteiger partial charge is 0.478 e. The van der Waals surface area contributed by atoms with Crippen LogP contribution in [-0.2, 0) is 9.84 Å². The Labute approximate surface area is 144 Å². The van der Waals surface area contributed by atoms with Gasteiger partial charge in [0, 0.05) is 16.4 Å². The molecule has 0 amide bonds. The molecule has 0 radical (unpaired) electrons. The highest BCUT2D eigenvalue weighted by molar-refractivity contribution is 8.00. The van der Waals surface area contributed by atoms with Gasteiger partial charge in [-0.3, -0.25) is 0 Å². The van der Waals surface area contributed by atoms with Crippen LogP contribution in [0.15, 0.2) is 52.3 Å². The van der Waals surface area contributed by atoms with Crippen LogP contribution in [-0.4, -0.2) is 25.7 Å². The van der Waals surface area contributed by atoms with Gasteiger partial charge in [-0.15, -0.1) is 11.8 Å². The molecule has 4 nitrogen and oxygen atoms in total. The van der Waals surface area contributed by atoms with Crippen molar-refractivity contribution in [1.29, 1.82) is 0 Å². The standard InChI is InChI=1S/C16H15ClO4S2/c1-10(11-6-4-3-5-7-11)22-15-13(23(2,20)21)9-8-12(14(15)17)16(18)19/h3-10H,1-2H3,(H,18,19). The first-order chi connectivity index (χ1) is 10.7. The minimum Gasteiger partial charge on any atom is -0.478 e. The molecule has 2 aromatic carbocycles. The molecular formula is C16H15ClO4S2. The van der Waals surface area contributed by atoms with Crippen molar-refractivity contribution in [3.8, 4) is 0 Å². The highest BCUT2D eigenvalue weighted by Crippen LogP contribution is 2.43. The number of carboxylic acid groups (broad SMARTS) is 1. The second-order valence-corrected chi connectivity index (χ2v) is 8.72. The molecule has 2 aromatic rings. The summed E-state index contributed by atoms with van der Waals surface area (Å²) >= 11 is 7.41. The fourth-order valence-electron chi connectivity index (χ4n) is 2.07. The molecule has 0 aliphatic carbocycles. The molecule has 0 fully saturated rings. The Balaban J connectivity index is 2.54. The van der Waals surface area contributed by atoms with Gasteiger partial charge < -0.3 is 5.11 Å². The van der Waals surface area contributed by atoms with E-state index in [9.17, 15) is 18.3 Å². The molecule has 0 saturated heterocycles. The summed E-state index contributed by atoms with van der Waals surface area (Å²) in [5, 5.41) is 9.06. The van der Waals surface area contributed by atoms with E-state index in [1.54, 1.807) is 0 Å². The van der Waals surface area contributed by atoms with Crippen LogP contribution in [0, 0.1) is 0 Å². The predicted octanol–water partition coefficient (Wildman–Crippen LogP) is 4.30. The SMILES string of the molecule is CC(Sc1c(S(C)(=O)=O)ccc(C(=O)O)c1Cl)c1ccccc1. The van der Waals surface area contributed by atoms with E-state index in [1.165, 1.54) is 23.9 Å². The molecule has 7 heteroatoms. The maximum Gasteiger partial charge on any atom is 0.337 e. The molecule has 0 aliphatic heterocycles. The summed E-state index contributed by atoms with van der Waals surface area (Å²) < 4.78 is 24.0. The smallest absolute Gasteiger partial charge is 0.337 e. The molecule has 2 rings (SSSR count). The third-order valence-electron chi connectivity index (χ3n) is 3.25. The molecule has 0 aliphatic rings. The lowest BCUT2D eigenvalue weighted by atomic mass is 10.2. The minimum atomic E-state index is -3.52. The lowest BCUT2D eigenvalue weighted by molar-refractivity contribution is 0.0696. The van der Waals surface area contributed by atoms with Crippen LogP contribution in [0.25, 0.3) is 0 Å². The number of aromatic carboxylic acids is 1.